The largest absolute Gasteiger partial charge is 0.372 e. The van der Waals surface area contributed by atoms with Gasteiger partial charge >= 0.3 is 0 Å². The fourth-order valence-electron chi connectivity index (χ4n) is 3.89. The number of hydrogen-bond acceptors (Lipinski definition) is 3. The monoisotopic (exact) mass is 414 g/mol. The van der Waals surface area contributed by atoms with Gasteiger partial charge in [0.15, 0.2) is 18.2 Å². The molecular weight excluding hydrogens is 386 g/mol. The molecule has 1 aromatic heterocycles. The van der Waals surface area contributed by atoms with Gasteiger partial charge in [-0.3, -0.25) is 9.59 Å². The summed E-state index contributed by atoms with van der Waals surface area (Å²) in [6, 6.07) is 20.4. The Morgan fingerprint density at radius 2 is 1.45 bits per heavy atom. The number of amides is 1. The highest BCUT2D eigenvalue weighted by molar-refractivity contribution is 6.08. The number of rotatable bonds is 6. The van der Waals surface area contributed by atoms with Crippen LogP contribution in [0.2, 0.25) is 0 Å². The number of carbonyl (C=O) groups is 2. The van der Waals surface area contributed by atoms with Crippen molar-refractivity contribution in [2.24, 2.45) is 0 Å². The molecule has 31 heavy (non-hydrogen) atoms. The zero-order valence-corrected chi connectivity index (χ0v) is 17.8. The molecule has 4 rings (SSSR count). The summed E-state index contributed by atoms with van der Waals surface area (Å²) in [7, 11) is 0. The summed E-state index contributed by atoms with van der Waals surface area (Å²) in [4.78, 5) is 27.7. The Morgan fingerprint density at radius 1 is 0.839 bits per heavy atom. The Hall–Kier alpha value is -3.47. The maximum absolute atomic E-state index is 12.7. The van der Waals surface area contributed by atoms with Gasteiger partial charge in [0.25, 0.3) is 5.91 Å². The first-order valence-electron chi connectivity index (χ1n) is 10.9. The number of ketones is 1. The van der Waals surface area contributed by atoms with Gasteiger partial charge in [-0.2, -0.15) is 4.57 Å². The van der Waals surface area contributed by atoms with E-state index in [1.165, 1.54) is 24.9 Å². The summed E-state index contributed by atoms with van der Waals surface area (Å²) < 4.78 is 1.80. The van der Waals surface area contributed by atoms with Gasteiger partial charge in [0.2, 0.25) is 6.04 Å². The van der Waals surface area contributed by atoms with E-state index in [2.05, 4.69) is 22.3 Å². The van der Waals surface area contributed by atoms with Crippen molar-refractivity contribution in [1.29, 1.82) is 0 Å². The Balaban J connectivity index is 1.38. The molecule has 1 aliphatic rings. The molecule has 0 radical (unpaired) electrons. The van der Waals surface area contributed by atoms with Crippen LogP contribution >= 0.6 is 0 Å². The molecule has 0 spiro atoms. The third-order valence-electron chi connectivity index (χ3n) is 5.83. The second kappa shape index (κ2) is 9.56. The van der Waals surface area contributed by atoms with Crippen molar-refractivity contribution in [3.8, 4) is 0 Å². The first kappa shape index (κ1) is 20.8. The van der Waals surface area contributed by atoms with E-state index in [9.17, 15) is 9.59 Å². The number of anilines is 2. The van der Waals surface area contributed by atoms with Crippen molar-refractivity contribution in [2.75, 3.05) is 23.3 Å². The molecule has 2 aromatic carbocycles. The lowest BCUT2D eigenvalue weighted by molar-refractivity contribution is -0.705. The molecule has 1 amide bonds. The van der Waals surface area contributed by atoms with Gasteiger partial charge in [0.05, 0.1) is 0 Å². The predicted molar refractivity (Wildman–Crippen MR) is 122 cm³/mol. The van der Waals surface area contributed by atoms with Crippen molar-refractivity contribution in [3.05, 3.63) is 90.3 Å². The molecule has 1 aliphatic heterocycles. The van der Waals surface area contributed by atoms with E-state index in [1.54, 1.807) is 41.2 Å². The summed E-state index contributed by atoms with van der Waals surface area (Å²) in [6.45, 7) is 4.04. The Bertz CT molecular complexity index is 1020. The minimum Gasteiger partial charge on any atom is -0.372 e. The van der Waals surface area contributed by atoms with Crippen molar-refractivity contribution >= 4 is 23.1 Å². The maximum Gasteiger partial charge on any atom is 0.293 e. The van der Waals surface area contributed by atoms with Gasteiger partial charge < -0.3 is 10.2 Å². The first-order valence-corrected chi connectivity index (χ1v) is 10.9. The Labute approximate surface area is 183 Å². The molecule has 1 saturated heterocycles. The lowest BCUT2D eigenvalue weighted by Crippen LogP contribution is -2.44. The fourth-order valence-corrected chi connectivity index (χ4v) is 3.89. The van der Waals surface area contributed by atoms with Gasteiger partial charge in [0, 0.05) is 54.6 Å². The minimum absolute atomic E-state index is 0.0290. The molecule has 3 aromatic rings. The van der Waals surface area contributed by atoms with Crippen molar-refractivity contribution in [1.82, 2.24) is 0 Å². The van der Waals surface area contributed by atoms with Crippen LogP contribution in [0.15, 0.2) is 79.1 Å². The maximum atomic E-state index is 12.7. The summed E-state index contributed by atoms with van der Waals surface area (Å²) >= 11 is 0. The quantitative estimate of drug-likeness (QED) is 0.481. The van der Waals surface area contributed by atoms with E-state index < -0.39 is 6.04 Å². The molecule has 5 nitrogen and oxygen atoms in total. The fraction of sp³-hybridized carbons (Fsp3) is 0.269. The summed E-state index contributed by atoms with van der Waals surface area (Å²) in [5.41, 5.74) is 3.25. The number of nitrogens with one attached hydrogen (secondary N) is 1. The molecule has 5 heteroatoms. The zero-order chi connectivity index (χ0) is 21.6. The van der Waals surface area contributed by atoms with Gasteiger partial charge in [-0.15, -0.1) is 0 Å². The number of carbonyl (C=O) groups excluding carboxylic acids is 2. The smallest absolute Gasteiger partial charge is 0.293 e. The summed E-state index contributed by atoms with van der Waals surface area (Å²) in [5, 5.41) is 2.99. The van der Waals surface area contributed by atoms with Crippen LogP contribution in [0, 0.1) is 0 Å². The van der Waals surface area contributed by atoms with Crippen molar-refractivity contribution < 1.29 is 14.2 Å². The molecule has 2 heterocycles. The van der Waals surface area contributed by atoms with Crippen molar-refractivity contribution in [3.63, 3.8) is 0 Å². The highest BCUT2D eigenvalue weighted by Gasteiger charge is 2.22. The second-order valence-electron chi connectivity index (χ2n) is 7.99. The average molecular weight is 415 g/mol. The van der Waals surface area contributed by atoms with E-state index >= 15 is 0 Å². The predicted octanol–water partition coefficient (Wildman–Crippen LogP) is 4.40. The van der Waals surface area contributed by atoms with E-state index in [0.29, 0.717) is 11.1 Å². The van der Waals surface area contributed by atoms with Crippen LogP contribution in [0.5, 0.6) is 0 Å². The molecule has 158 valence electrons. The number of nitrogens with zero attached hydrogens (tertiary/aromatic N) is 2. The SMILES string of the molecule is C[C@@H](C(=O)Nc1ccc(N2CCCCC2)cc1)[n+]1ccc(C(=O)c2ccccc2)cc1. The first-order chi connectivity index (χ1) is 15.1. The number of pyridine rings is 1. The van der Waals surface area contributed by atoms with Gasteiger partial charge in [0.1, 0.15) is 0 Å². The molecule has 0 bridgehead atoms. The molecule has 0 unspecified atom stereocenters. The van der Waals surface area contributed by atoms with Gasteiger partial charge in [-0.1, -0.05) is 30.3 Å². The lowest BCUT2D eigenvalue weighted by Gasteiger charge is -2.28. The topological polar surface area (TPSA) is 53.3 Å². The van der Waals surface area contributed by atoms with E-state index in [0.717, 1.165) is 18.8 Å². The molecule has 1 atom stereocenters. The van der Waals surface area contributed by atoms with E-state index in [-0.39, 0.29) is 11.7 Å². The summed E-state index contributed by atoms with van der Waals surface area (Å²) in [6.07, 6.45) is 7.34. The standard InChI is InChI=1S/C26H27N3O2/c1-20(28-18-14-22(15-19-28)25(30)21-8-4-2-5-9-21)26(31)27-23-10-12-24(13-11-23)29-16-6-3-7-17-29/h2,4-5,8-15,18-20H,3,6-7,16-17H2,1H3/p+1/t20-/m0/s1. The molecule has 0 saturated carbocycles. The third kappa shape index (κ3) is 5.00. The highest BCUT2D eigenvalue weighted by atomic mass is 16.2. The Morgan fingerprint density at radius 3 is 2.10 bits per heavy atom. The van der Waals surface area contributed by atoms with Gasteiger partial charge in [-0.05, 0) is 43.5 Å². The number of aromatic nitrogens is 1. The highest BCUT2D eigenvalue weighted by Crippen LogP contribution is 2.22. The number of hydrogen-bond donors (Lipinski definition) is 1. The normalized spacial score (nSPS) is 14.7. The number of benzene rings is 2. The van der Waals surface area contributed by atoms with Crippen LogP contribution < -0.4 is 14.8 Å². The Kier molecular flexibility index (Phi) is 6.41. The molecule has 1 N–H and O–H groups in total. The average Bonchev–Trinajstić information content (AvgIpc) is 2.85. The van der Waals surface area contributed by atoms with Crippen LogP contribution in [0.25, 0.3) is 0 Å². The van der Waals surface area contributed by atoms with Crippen LogP contribution in [0.1, 0.15) is 48.1 Å². The zero-order valence-electron chi connectivity index (χ0n) is 17.8. The van der Waals surface area contributed by atoms with Crippen LogP contribution in [-0.2, 0) is 4.79 Å². The lowest BCUT2D eigenvalue weighted by atomic mass is 10.0. The van der Waals surface area contributed by atoms with Crippen LogP contribution in [0.3, 0.4) is 0 Å². The van der Waals surface area contributed by atoms with Gasteiger partial charge in [-0.25, -0.2) is 0 Å². The second-order valence-corrected chi connectivity index (χ2v) is 7.99. The molecule has 0 aliphatic carbocycles. The minimum atomic E-state index is -0.400. The van der Waals surface area contributed by atoms with Crippen LogP contribution in [-0.4, -0.2) is 24.8 Å². The molecule has 1 fully saturated rings. The van der Waals surface area contributed by atoms with E-state index in [4.69, 9.17) is 0 Å². The van der Waals surface area contributed by atoms with E-state index in [1.807, 2.05) is 37.3 Å². The summed E-state index contributed by atoms with van der Waals surface area (Å²) in [5.74, 6) is -0.128. The third-order valence-corrected chi connectivity index (χ3v) is 5.83. The van der Waals surface area contributed by atoms with Crippen LogP contribution in [0.4, 0.5) is 11.4 Å². The molecular formula is C26H28N3O2+. The number of piperidine rings is 1. The van der Waals surface area contributed by atoms with Crippen molar-refractivity contribution in [2.45, 2.75) is 32.2 Å².